The molecule has 246 valence electrons. The standard InChI is InChI=1S/C36H40Cl3NO6/c1-2-3-4-14-21-30(41)46-33-32(44-24-28-19-12-7-13-20-28)31(43-23-27-17-10-6-11-18-27)29(45-34(33)35(40)36(37,38)39)25-42-22-26-15-8-5-9-16-26/h2,5-13,15-20,29,31-34,40H,1,3-4,14,21-25H2/t29-,31-,32+,33-,34?/m1/s1. The van der Waals surface area contributed by atoms with Crippen molar-refractivity contribution in [2.45, 2.75) is 79.8 Å². The highest BCUT2D eigenvalue weighted by molar-refractivity contribution is 6.76. The van der Waals surface area contributed by atoms with Gasteiger partial charge in [0.25, 0.3) is 0 Å². The van der Waals surface area contributed by atoms with Gasteiger partial charge in [-0.3, -0.25) is 4.79 Å². The Kier molecular flexibility index (Phi) is 14.6. The Morgan fingerprint density at radius 1 is 0.783 bits per heavy atom. The lowest BCUT2D eigenvalue weighted by molar-refractivity contribution is -0.254. The number of halogens is 3. The number of hydrogen-bond acceptors (Lipinski definition) is 7. The van der Waals surface area contributed by atoms with E-state index in [9.17, 15) is 4.79 Å². The lowest BCUT2D eigenvalue weighted by Gasteiger charge is -2.46. The molecule has 0 spiro atoms. The molecule has 4 rings (SSSR count). The quantitative estimate of drug-likeness (QED) is 0.0506. The van der Waals surface area contributed by atoms with Crippen molar-refractivity contribution in [3.63, 3.8) is 0 Å². The van der Waals surface area contributed by atoms with Crippen LogP contribution in [0.1, 0.15) is 42.4 Å². The van der Waals surface area contributed by atoms with Gasteiger partial charge in [-0.1, -0.05) is 132 Å². The van der Waals surface area contributed by atoms with Gasteiger partial charge in [-0.15, -0.1) is 6.58 Å². The molecule has 0 bridgehead atoms. The van der Waals surface area contributed by atoms with E-state index in [1.54, 1.807) is 6.08 Å². The molecule has 1 N–H and O–H groups in total. The largest absolute Gasteiger partial charge is 0.456 e. The molecule has 1 fully saturated rings. The van der Waals surface area contributed by atoms with Crippen LogP contribution in [0.2, 0.25) is 0 Å². The molecular formula is C36H40Cl3NO6. The maximum absolute atomic E-state index is 13.2. The molecule has 0 amide bonds. The summed E-state index contributed by atoms with van der Waals surface area (Å²) in [5.41, 5.74) is 2.42. The normalized spacial score (nSPS) is 21.4. The summed E-state index contributed by atoms with van der Waals surface area (Å²) in [6, 6.07) is 29.0. The maximum Gasteiger partial charge on any atom is 0.306 e. The topological polar surface area (TPSA) is 87.1 Å². The number of unbranched alkanes of at least 4 members (excludes halogenated alkanes) is 2. The number of esters is 1. The molecular weight excluding hydrogens is 649 g/mol. The first-order valence-corrected chi connectivity index (χ1v) is 16.4. The lowest BCUT2D eigenvalue weighted by atomic mass is 9.92. The van der Waals surface area contributed by atoms with E-state index < -0.39 is 40.3 Å². The van der Waals surface area contributed by atoms with Crippen LogP contribution in [0.5, 0.6) is 0 Å². The van der Waals surface area contributed by atoms with Gasteiger partial charge >= 0.3 is 5.97 Å². The molecule has 1 heterocycles. The second-order valence-corrected chi connectivity index (χ2v) is 13.3. The fourth-order valence-electron chi connectivity index (χ4n) is 5.13. The number of rotatable bonds is 17. The van der Waals surface area contributed by atoms with Gasteiger partial charge in [0.2, 0.25) is 3.79 Å². The van der Waals surface area contributed by atoms with Gasteiger partial charge in [0.05, 0.1) is 32.1 Å². The minimum atomic E-state index is -2.13. The highest BCUT2D eigenvalue weighted by atomic mass is 35.6. The van der Waals surface area contributed by atoms with Crippen molar-refractivity contribution in [2.75, 3.05) is 6.61 Å². The first-order valence-electron chi connectivity index (χ1n) is 15.3. The predicted octanol–water partition coefficient (Wildman–Crippen LogP) is 8.19. The summed E-state index contributed by atoms with van der Waals surface area (Å²) >= 11 is 18.7. The summed E-state index contributed by atoms with van der Waals surface area (Å²) < 4.78 is 29.6. The van der Waals surface area contributed by atoms with Crippen LogP contribution in [0.15, 0.2) is 104 Å². The Bertz CT molecular complexity index is 1360. The summed E-state index contributed by atoms with van der Waals surface area (Å²) in [7, 11) is 0. The molecule has 5 atom stereocenters. The third kappa shape index (κ3) is 11.2. The smallest absolute Gasteiger partial charge is 0.306 e. The molecule has 3 aromatic rings. The molecule has 1 aliphatic heterocycles. The Morgan fingerprint density at radius 3 is 1.83 bits per heavy atom. The minimum absolute atomic E-state index is 0.0748. The van der Waals surface area contributed by atoms with Crippen LogP contribution in [0.25, 0.3) is 0 Å². The number of hydrogen-bond donors (Lipinski definition) is 1. The van der Waals surface area contributed by atoms with Crippen molar-refractivity contribution >= 4 is 46.5 Å². The van der Waals surface area contributed by atoms with Crippen LogP contribution in [-0.4, -0.2) is 52.6 Å². The van der Waals surface area contributed by atoms with Crippen LogP contribution in [0.3, 0.4) is 0 Å². The van der Waals surface area contributed by atoms with Crippen molar-refractivity contribution in [3.05, 3.63) is 120 Å². The van der Waals surface area contributed by atoms with Crippen molar-refractivity contribution in [2.24, 2.45) is 0 Å². The van der Waals surface area contributed by atoms with E-state index in [-0.39, 0.29) is 32.0 Å². The molecule has 1 aliphatic rings. The van der Waals surface area contributed by atoms with E-state index >= 15 is 0 Å². The molecule has 0 aliphatic carbocycles. The first-order chi connectivity index (χ1) is 22.3. The van der Waals surface area contributed by atoms with Crippen LogP contribution >= 0.6 is 34.8 Å². The number of carbonyl (C=O) groups is 1. The van der Waals surface area contributed by atoms with Crippen LogP contribution in [0, 0.1) is 5.41 Å². The third-order valence-electron chi connectivity index (χ3n) is 7.49. The summed E-state index contributed by atoms with van der Waals surface area (Å²) in [5, 5.41) is 8.83. The molecule has 46 heavy (non-hydrogen) atoms. The highest BCUT2D eigenvalue weighted by Crippen LogP contribution is 2.37. The number of ether oxygens (including phenoxy) is 5. The zero-order chi connectivity index (χ0) is 32.8. The SMILES string of the molecule is C=CCCCCC(=O)O[C@H]1C(C(=N)C(Cl)(Cl)Cl)O[C@H](COCc2ccccc2)[C@@H](OCc2ccccc2)[C@@H]1OCc1ccccc1. The first kappa shape index (κ1) is 36.1. The van der Waals surface area contributed by atoms with Gasteiger partial charge in [0.1, 0.15) is 24.4 Å². The zero-order valence-corrected chi connectivity index (χ0v) is 27.8. The Morgan fingerprint density at radius 2 is 1.30 bits per heavy atom. The van der Waals surface area contributed by atoms with E-state index in [0.717, 1.165) is 29.5 Å². The number of carbonyl (C=O) groups excluding carboxylic acids is 1. The van der Waals surface area contributed by atoms with Crippen molar-refractivity contribution in [1.82, 2.24) is 0 Å². The summed E-state index contributed by atoms with van der Waals surface area (Å²) in [5.74, 6) is -0.478. The fourth-order valence-corrected chi connectivity index (χ4v) is 5.45. The van der Waals surface area contributed by atoms with Gasteiger partial charge in [0, 0.05) is 6.42 Å². The molecule has 1 saturated heterocycles. The summed E-state index contributed by atoms with van der Waals surface area (Å²) in [6.45, 7) is 4.53. The van der Waals surface area contributed by atoms with Gasteiger partial charge in [-0.25, -0.2) is 0 Å². The van der Waals surface area contributed by atoms with Crippen molar-refractivity contribution < 1.29 is 28.5 Å². The molecule has 3 aromatic carbocycles. The summed E-state index contributed by atoms with van der Waals surface area (Å²) in [6.07, 6.45) is -0.719. The molecule has 0 saturated carbocycles. The minimum Gasteiger partial charge on any atom is -0.456 e. The van der Waals surface area contributed by atoms with E-state index in [0.29, 0.717) is 13.0 Å². The maximum atomic E-state index is 13.2. The fraction of sp³-hybridized carbons (Fsp3) is 0.389. The van der Waals surface area contributed by atoms with Gasteiger partial charge in [-0.05, 0) is 36.0 Å². The molecule has 0 aromatic heterocycles. The Balaban J connectivity index is 1.67. The van der Waals surface area contributed by atoms with Gasteiger partial charge in [0.15, 0.2) is 6.10 Å². The molecule has 7 nitrogen and oxygen atoms in total. The third-order valence-corrected chi connectivity index (χ3v) is 8.11. The van der Waals surface area contributed by atoms with E-state index in [4.69, 9.17) is 63.9 Å². The number of nitrogens with one attached hydrogen (secondary N) is 1. The lowest BCUT2D eigenvalue weighted by Crippen LogP contribution is -2.64. The predicted molar refractivity (Wildman–Crippen MR) is 181 cm³/mol. The number of allylic oxidation sites excluding steroid dienone is 1. The van der Waals surface area contributed by atoms with Gasteiger partial charge in [-0.2, -0.15) is 0 Å². The number of alkyl halides is 3. The zero-order valence-electron chi connectivity index (χ0n) is 25.6. The molecule has 10 heteroatoms. The average molecular weight is 689 g/mol. The average Bonchev–Trinajstić information content (AvgIpc) is 3.06. The van der Waals surface area contributed by atoms with E-state index in [1.807, 2.05) is 91.0 Å². The Labute approximate surface area is 286 Å². The monoisotopic (exact) mass is 687 g/mol. The van der Waals surface area contributed by atoms with Gasteiger partial charge < -0.3 is 29.1 Å². The highest BCUT2D eigenvalue weighted by Gasteiger charge is 2.53. The number of benzene rings is 3. The van der Waals surface area contributed by atoms with Crippen LogP contribution < -0.4 is 0 Å². The second-order valence-electron chi connectivity index (χ2n) is 11.0. The Hall–Kier alpha value is -2.75. The second kappa shape index (κ2) is 18.6. The van der Waals surface area contributed by atoms with E-state index in [1.165, 1.54) is 0 Å². The molecule has 1 unspecified atom stereocenters. The molecule has 0 radical (unpaired) electrons. The summed E-state index contributed by atoms with van der Waals surface area (Å²) in [4.78, 5) is 13.2. The van der Waals surface area contributed by atoms with Crippen molar-refractivity contribution in [3.8, 4) is 0 Å². The van der Waals surface area contributed by atoms with Crippen molar-refractivity contribution in [1.29, 1.82) is 5.41 Å². The van der Waals surface area contributed by atoms with Crippen LogP contribution in [-0.2, 0) is 48.3 Å². The van der Waals surface area contributed by atoms with E-state index in [2.05, 4.69) is 6.58 Å². The van der Waals surface area contributed by atoms with Crippen LogP contribution in [0.4, 0.5) is 0 Å².